The first-order chi connectivity index (χ1) is 17.4. The number of nitrogens with one attached hydrogen (secondary N) is 1. The number of carbonyl (C=O) groups excluding carboxylic acids is 2. The van der Waals surface area contributed by atoms with Crippen molar-refractivity contribution in [3.63, 3.8) is 0 Å². The first-order valence-corrected chi connectivity index (χ1v) is 13.1. The molecule has 2 saturated carbocycles. The molecule has 2 amide bonds. The number of halogens is 3. The number of alkyl halides is 2. The molecule has 194 valence electrons. The smallest absolute Gasteiger partial charge is 0.270 e. The highest BCUT2D eigenvalue weighted by molar-refractivity contribution is 7.94. The first-order valence-electron chi connectivity index (χ1n) is 11.5. The number of aromatic nitrogens is 1. The van der Waals surface area contributed by atoms with Crippen molar-refractivity contribution < 1.29 is 31.2 Å². The second-order valence-corrected chi connectivity index (χ2v) is 12.1. The van der Waals surface area contributed by atoms with E-state index in [1.165, 1.54) is 29.2 Å². The highest BCUT2D eigenvalue weighted by atomic mass is 32.2. The third kappa shape index (κ3) is 4.19. The van der Waals surface area contributed by atoms with Gasteiger partial charge in [0.15, 0.2) is 9.84 Å². The van der Waals surface area contributed by atoms with Crippen molar-refractivity contribution >= 4 is 21.7 Å². The largest absolute Gasteiger partial charge is 0.348 e. The summed E-state index contributed by atoms with van der Waals surface area (Å²) in [7, 11) is -4.13. The summed E-state index contributed by atoms with van der Waals surface area (Å²) in [4.78, 5) is 39.9. The third-order valence-electron chi connectivity index (χ3n) is 7.16. The van der Waals surface area contributed by atoms with E-state index in [0.29, 0.717) is 5.56 Å². The molecule has 0 spiro atoms. The van der Waals surface area contributed by atoms with Gasteiger partial charge in [0.05, 0.1) is 10.3 Å². The van der Waals surface area contributed by atoms with Crippen LogP contribution in [0.4, 0.5) is 13.2 Å². The molecule has 9 nitrogen and oxygen atoms in total. The van der Waals surface area contributed by atoms with E-state index in [1.54, 1.807) is 6.07 Å². The lowest BCUT2D eigenvalue weighted by atomic mass is 10.1. The molecule has 0 unspecified atom stereocenters. The Morgan fingerprint density at radius 2 is 1.86 bits per heavy atom. The van der Waals surface area contributed by atoms with Crippen LogP contribution < -0.4 is 10.9 Å². The van der Waals surface area contributed by atoms with Gasteiger partial charge in [-0.1, -0.05) is 6.07 Å². The van der Waals surface area contributed by atoms with Crippen molar-refractivity contribution in [2.45, 2.75) is 48.3 Å². The van der Waals surface area contributed by atoms with E-state index >= 15 is 0 Å². The number of benzene rings is 1. The van der Waals surface area contributed by atoms with Crippen LogP contribution in [0.25, 0.3) is 0 Å². The van der Waals surface area contributed by atoms with E-state index in [-0.39, 0.29) is 55.8 Å². The molecule has 0 bridgehead atoms. The van der Waals surface area contributed by atoms with Gasteiger partial charge < -0.3 is 14.8 Å². The number of rotatable bonds is 7. The Labute approximate surface area is 209 Å². The van der Waals surface area contributed by atoms with E-state index < -0.39 is 55.4 Å². The monoisotopic (exact) mass is 534 g/mol. The van der Waals surface area contributed by atoms with Crippen molar-refractivity contribution in [3.05, 3.63) is 68.9 Å². The number of hydrogen-bond donors (Lipinski definition) is 1. The fraction of sp³-hybridized carbons (Fsp3) is 0.417. The maximum atomic E-state index is 13.8. The van der Waals surface area contributed by atoms with Gasteiger partial charge in [-0.2, -0.15) is 5.26 Å². The Morgan fingerprint density at radius 3 is 2.46 bits per heavy atom. The molecular formula is C24H21F3N4O5S. The van der Waals surface area contributed by atoms with Crippen molar-refractivity contribution in [1.29, 1.82) is 5.26 Å². The highest BCUT2D eigenvalue weighted by Gasteiger charge is 2.71. The maximum absolute atomic E-state index is 13.8. The van der Waals surface area contributed by atoms with E-state index in [0.717, 1.165) is 10.6 Å². The number of nitriles is 1. The SMILES string of the molecule is N#Cc1ccc(CNC(=O)c2ccc3n(c2=O)CCN(CC2(S(=O)(=O)[C@H]4CC4(F)F)CC2)C3=O)cc1F. The van der Waals surface area contributed by atoms with Gasteiger partial charge in [0.25, 0.3) is 23.3 Å². The lowest BCUT2D eigenvalue weighted by Gasteiger charge is -2.32. The zero-order valence-corrected chi connectivity index (χ0v) is 20.2. The van der Waals surface area contributed by atoms with Crippen molar-refractivity contribution in [3.8, 4) is 6.07 Å². The van der Waals surface area contributed by atoms with Crippen LogP contribution in [0.5, 0.6) is 0 Å². The first kappa shape index (κ1) is 25.0. The number of amides is 2. The molecule has 1 atom stereocenters. The quantitative estimate of drug-likeness (QED) is 0.575. The van der Waals surface area contributed by atoms with Gasteiger partial charge in [-0.15, -0.1) is 0 Å². The fourth-order valence-corrected chi connectivity index (χ4v) is 7.18. The van der Waals surface area contributed by atoms with Crippen LogP contribution in [-0.4, -0.2) is 58.7 Å². The van der Waals surface area contributed by atoms with Crippen molar-refractivity contribution in [1.82, 2.24) is 14.8 Å². The van der Waals surface area contributed by atoms with Gasteiger partial charge in [0, 0.05) is 32.6 Å². The molecule has 1 aliphatic heterocycles. The maximum Gasteiger partial charge on any atom is 0.270 e. The molecule has 1 aromatic heterocycles. The minimum absolute atomic E-state index is 0.00241. The lowest BCUT2D eigenvalue weighted by molar-refractivity contribution is 0.0694. The van der Waals surface area contributed by atoms with Gasteiger partial charge in [-0.3, -0.25) is 14.4 Å². The molecule has 2 aliphatic carbocycles. The lowest BCUT2D eigenvalue weighted by Crippen LogP contribution is -2.50. The topological polar surface area (TPSA) is 129 Å². The standard InChI is InChI=1S/C24H21F3N4O5S/c25-17-9-14(1-2-15(17)11-28)12-29-20(32)16-3-4-18-22(34)30(7-8-31(18)21(16)33)13-23(5-6-23)37(35,36)19-10-24(19,26)27/h1-4,9,19H,5-8,10,12-13H2,(H,29,32)/t19-/m0/s1. The number of sulfone groups is 1. The molecule has 2 aromatic rings. The number of nitrogens with zero attached hydrogens (tertiary/aromatic N) is 3. The summed E-state index contributed by atoms with van der Waals surface area (Å²) >= 11 is 0. The summed E-state index contributed by atoms with van der Waals surface area (Å²) in [5, 5.41) is 9.59. The Bertz CT molecular complexity index is 1540. The summed E-state index contributed by atoms with van der Waals surface area (Å²) in [6.07, 6.45) is -0.310. The van der Waals surface area contributed by atoms with E-state index in [2.05, 4.69) is 5.32 Å². The second-order valence-electron chi connectivity index (χ2n) is 9.61. The Balaban J connectivity index is 1.29. The van der Waals surface area contributed by atoms with Crippen molar-refractivity contribution in [2.75, 3.05) is 13.1 Å². The molecule has 37 heavy (non-hydrogen) atoms. The number of hydrogen-bond acceptors (Lipinski definition) is 6. The summed E-state index contributed by atoms with van der Waals surface area (Å²) < 4.78 is 66.0. The molecular weight excluding hydrogens is 513 g/mol. The van der Waals surface area contributed by atoms with Crippen LogP contribution in [0.1, 0.15) is 51.2 Å². The Hall–Kier alpha value is -3.66. The minimum Gasteiger partial charge on any atom is -0.348 e. The van der Waals surface area contributed by atoms with Gasteiger partial charge in [-0.05, 0) is 42.7 Å². The summed E-state index contributed by atoms with van der Waals surface area (Å²) in [5.74, 6) is -5.33. The van der Waals surface area contributed by atoms with E-state index in [1.807, 2.05) is 0 Å². The normalized spacial score (nSPS) is 21.1. The molecule has 13 heteroatoms. The van der Waals surface area contributed by atoms with Gasteiger partial charge in [0.2, 0.25) is 0 Å². The summed E-state index contributed by atoms with van der Waals surface area (Å²) in [6.45, 7) is -0.346. The average molecular weight is 535 g/mol. The molecule has 1 N–H and O–H groups in total. The zero-order chi connectivity index (χ0) is 26.8. The summed E-state index contributed by atoms with van der Waals surface area (Å²) in [6, 6.07) is 8.00. The molecule has 0 saturated heterocycles. The average Bonchev–Trinajstić information content (AvgIpc) is 3.76. The number of carbonyl (C=O) groups is 2. The van der Waals surface area contributed by atoms with Gasteiger partial charge >= 0.3 is 0 Å². The molecule has 5 rings (SSSR count). The van der Waals surface area contributed by atoms with E-state index in [4.69, 9.17) is 5.26 Å². The van der Waals surface area contributed by atoms with Crippen LogP contribution >= 0.6 is 0 Å². The van der Waals surface area contributed by atoms with Crippen LogP contribution in [0.3, 0.4) is 0 Å². The molecule has 3 aliphatic rings. The predicted octanol–water partition coefficient (Wildman–Crippen LogP) is 1.60. The molecule has 2 heterocycles. The summed E-state index contributed by atoms with van der Waals surface area (Å²) in [5.41, 5.74) is -0.761. The Morgan fingerprint density at radius 1 is 1.16 bits per heavy atom. The third-order valence-corrected chi connectivity index (χ3v) is 10.2. The molecule has 2 fully saturated rings. The zero-order valence-electron chi connectivity index (χ0n) is 19.3. The van der Waals surface area contributed by atoms with Crippen LogP contribution in [-0.2, 0) is 22.9 Å². The number of fused-ring (bicyclic) bond motifs is 1. The van der Waals surface area contributed by atoms with Crippen LogP contribution in [0.2, 0.25) is 0 Å². The Kier molecular flexibility index (Phi) is 5.71. The highest BCUT2D eigenvalue weighted by Crippen LogP contribution is 2.56. The number of pyridine rings is 1. The van der Waals surface area contributed by atoms with Crippen LogP contribution in [0.15, 0.2) is 35.1 Å². The van der Waals surface area contributed by atoms with Crippen molar-refractivity contribution in [2.24, 2.45) is 0 Å². The van der Waals surface area contributed by atoms with Gasteiger partial charge in [0.1, 0.15) is 28.4 Å². The second kappa shape index (κ2) is 8.44. The van der Waals surface area contributed by atoms with Crippen LogP contribution in [0, 0.1) is 17.1 Å². The van der Waals surface area contributed by atoms with E-state index in [9.17, 15) is 36.0 Å². The molecule has 1 aromatic carbocycles. The molecule has 0 radical (unpaired) electrons. The predicted molar refractivity (Wildman–Crippen MR) is 123 cm³/mol. The fourth-order valence-electron chi connectivity index (χ4n) is 4.68. The minimum atomic E-state index is -4.13. The van der Waals surface area contributed by atoms with Gasteiger partial charge in [-0.25, -0.2) is 21.6 Å².